The van der Waals surface area contributed by atoms with E-state index < -0.39 is 5.97 Å². The van der Waals surface area contributed by atoms with Gasteiger partial charge >= 0.3 is 5.97 Å². The van der Waals surface area contributed by atoms with Crippen molar-refractivity contribution in [3.05, 3.63) is 56.1 Å². The van der Waals surface area contributed by atoms with Crippen LogP contribution in [0.2, 0.25) is 0 Å². The molecule has 6 nitrogen and oxygen atoms in total. The van der Waals surface area contributed by atoms with Gasteiger partial charge in [0.05, 0.1) is 5.56 Å². The zero-order valence-corrected chi connectivity index (χ0v) is 16.9. The highest BCUT2D eigenvalue weighted by atomic mass is 16.5. The van der Waals surface area contributed by atoms with E-state index in [-0.39, 0.29) is 11.6 Å². The fourth-order valence-electron chi connectivity index (χ4n) is 3.40. The normalized spacial score (nSPS) is 11.6. The van der Waals surface area contributed by atoms with E-state index in [9.17, 15) is 9.90 Å². The number of hydrazone groups is 1. The summed E-state index contributed by atoms with van der Waals surface area (Å²) in [5.74, 6) is 5.82. The van der Waals surface area contributed by atoms with Crippen molar-refractivity contribution in [3.8, 4) is 11.5 Å². The molecule has 0 radical (unpaired) electrons. The predicted octanol–water partition coefficient (Wildman–Crippen LogP) is 3.35. The molecule has 5 N–H and O–H groups in total. The molecule has 2 aromatic rings. The molecule has 2 rings (SSSR count). The van der Waals surface area contributed by atoms with Crippen LogP contribution in [0.3, 0.4) is 0 Å². The molecule has 0 saturated heterocycles. The first kappa shape index (κ1) is 20.3. The lowest BCUT2D eigenvalue weighted by atomic mass is 9.92. The Kier molecular flexibility index (Phi) is 5.49. The molecular weight excluding hydrogens is 342 g/mol. The first-order valence-corrected chi connectivity index (χ1v) is 8.68. The van der Waals surface area contributed by atoms with Gasteiger partial charge in [-0.3, -0.25) is 0 Å². The van der Waals surface area contributed by atoms with Crippen LogP contribution < -0.4 is 16.3 Å². The van der Waals surface area contributed by atoms with Gasteiger partial charge in [0, 0.05) is 5.56 Å². The summed E-state index contributed by atoms with van der Waals surface area (Å²) in [6.45, 7) is 12.9. The van der Waals surface area contributed by atoms with Gasteiger partial charge in [0.1, 0.15) is 11.5 Å². The fraction of sp³-hybridized carbons (Fsp3) is 0.333. The minimum Gasteiger partial charge on any atom is -0.508 e. The Bertz CT molecular complexity index is 947. The van der Waals surface area contributed by atoms with Crippen molar-refractivity contribution in [2.75, 3.05) is 0 Å². The largest absolute Gasteiger partial charge is 0.508 e. The van der Waals surface area contributed by atoms with Gasteiger partial charge in [-0.1, -0.05) is 0 Å². The highest BCUT2D eigenvalue weighted by Gasteiger charge is 2.23. The maximum atomic E-state index is 12.9. The summed E-state index contributed by atoms with van der Waals surface area (Å²) in [7, 11) is 0. The molecule has 6 heteroatoms. The zero-order chi connectivity index (χ0) is 20.6. The molecule has 0 aromatic heterocycles. The number of carbonyl (C=O) groups is 1. The second kappa shape index (κ2) is 7.31. The number of rotatable bonds is 3. The van der Waals surface area contributed by atoms with Crippen LogP contribution in [0.1, 0.15) is 54.9 Å². The average molecular weight is 369 g/mol. The topological polar surface area (TPSA) is 111 Å². The Morgan fingerprint density at radius 2 is 1.37 bits per heavy atom. The second-order valence-corrected chi connectivity index (χ2v) is 6.95. The van der Waals surface area contributed by atoms with E-state index in [2.05, 4.69) is 5.10 Å². The van der Waals surface area contributed by atoms with E-state index in [0.717, 1.165) is 27.8 Å². The molecule has 0 fully saturated rings. The standard InChI is InChI=1S/C21H27N3O3/c1-9-8-16(25)10(2)11(3)17(9)21(26)27-19-14(6)12(4)18(20(22)24-23)13(5)15(19)7/h8,25H,23H2,1-7H3,(H2,22,24). The molecular formula is C21H27N3O3. The molecule has 0 bridgehead atoms. The van der Waals surface area contributed by atoms with Gasteiger partial charge in [-0.05, 0) is 93.5 Å². The molecule has 0 unspecified atom stereocenters. The van der Waals surface area contributed by atoms with Crippen LogP contribution in [0.15, 0.2) is 11.2 Å². The number of nitrogens with two attached hydrogens (primary N) is 2. The summed E-state index contributed by atoms with van der Waals surface area (Å²) in [5, 5.41) is 13.6. The molecule has 0 spiro atoms. The lowest BCUT2D eigenvalue weighted by molar-refractivity contribution is 0.0730. The molecule has 27 heavy (non-hydrogen) atoms. The highest BCUT2D eigenvalue weighted by Crippen LogP contribution is 2.34. The molecule has 0 amide bonds. The second-order valence-electron chi connectivity index (χ2n) is 6.95. The monoisotopic (exact) mass is 369 g/mol. The zero-order valence-electron chi connectivity index (χ0n) is 16.9. The van der Waals surface area contributed by atoms with Gasteiger partial charge in [0.25, 0.3) is 0 Å². The van der Waals surface area contributed by atoms with Crippen molar-refractivity contribution in [3.63, 3.8) is 0 Å². The molecule has 0 saturated carbocycles. The predicted molar refractivity (Wildman–Crippen MR) is 108 cm³/mol. The number of phenolic OH excluding ortho intramolecular Hbond substituents is 1. The summed E-state index contributed by atoms with van der Waals surface area (Å²) in [4.78, 5) is 12.9. The number of benzene rings is 2. The number of aryl methyl sites for hydroxylation is 1. The quantitative estimate of drug-likeness (QED) is 0.192. The van der Waals surface area contributed by atoms with Gasteiger partial charge in [-0.25, -0.2) is 4.79 Å². The first-order chi connectivity index (χ1) is 12.5. The minimum absolute atomic E-state index is 0.168. The van der Waals surface area contributed by atoms with Crippen molar-refractivity contribution in [1.29, 1.82) is 0 Å². The Morgan fingerprint density at radius 1 is 0.889 bits per heavy atom. The van der Waals surface area contributed by atoms with Gasteiger partial charge in [-0.2, -0.15) is 5.10 Å². The highest BCUT2D eigenvalue weighted by molar-refractivity contribution is 6.01. The van der Waals surface area contributed by atoms with E-state index in [4.69, 9.17) is 16.3 Å². The smallest absolute Gasteiger partial charge is 0.344 e. The first-order valence-electron chi connectivity index (χ1n) is 8.68. The third-order valence-electron chi connectivity index (χ3n) is 5.42. The molecule has 0 aliphatic carbocycles. The summed E-state index contributed by atoms with van der Waals surface area (Å²) in [6.07, 6.45) is 0. The molecule has 144 valence electrons. The lowest BCUT2D eigenvalue weighted by Crippen LogP contribution is -2.21. The van der Waals surface area contributed by atoms with E-state index >= 15 is 0 Å². The van der Waals surface area contributed by atoms with Gasteiger partial charge in [-0.15, -0.1) is 0 Å². The number of ether oxygens (including phenoxy) is 1. The summed E-state index contributed by atoms with van der Waals surface area (Å²) < 4.78 is 5.82. The van der Waals surface area contributed by atoms with Crippen LogP contribution >= 0.6 is 0 Å². The van der Waals surface area contributed by atoms with Crippen LogP contribution in [0.4, 0.5) is 0 Å². The van der Waals surface area contributed by atoms with Gasteiger partial charge in [0.15, 0.2) is 5.84 Å². The van der Waals surface area contributed by atoms with E-state index in [1.807, 2.05) is 27.7 Å². The van der Waals surface area contributed by atoms with Crippen molar-refractivity contribution in [2.24, 2.45) is 16.7 Å². The van der Waals surface area contributed by atoms with Crippen molar-refractivity contribution < 1.29 is 14.6 Å². The lowest BCUT2D eigenvalue weighted by Gasteiger charge is -2.20. The Morgan fingerprint density at radius 3 is 1.85 bits per heavy atom. The Hall–Kier alpha value is -3.02. The Balaban J connectivity index is 2.60. The number of carbonyl (C=O) groups excluding carboxylic acids is 1. The average Bonchev–Trinajstić information content (AvgIpc) is 2.61. The van der Waals surface area contributed by atoms with Gasteiger partial charge < -0.3 is 21.4 Å². The van der Waals surface area contributed by atoms with Crippen LogP contribution in [0, 0.1) is 48.5 Å². The van der Waals surface area contributed by atoms with Crippen LogP contribution in [0.5, 0.6) is 11.5 Å². The van der Waals surface area contributed by atoms with Crippen molar-refractivity contribution in [1.82, 2.24) is 0 Å². The third-order valence-corrected chi connectivity index (χ3v) is 5.42. The maximum Gasteiger partial charge on any atom is 0.344 e. The number of esters is 1. The summed E-state index contributed by atoms with van der Waals surface area (Å²) in [5.41, 5.74) is 12.5. The van der Waals surface area contributed by atoms with Crippen LogP contribution in [-0.4, -0.2) is 16.9 Å². The molecule has 2 aromatic carbocycles. The number of hydrogen-bond donors (Lipinski definition) is 3. The fourth-order valence-corrected chi connectivity index (χ4v) is 3.40. The van der Waals surface area contributed by atoms with Gasteiger partial charge in [0.2, 0.25) is 0 Å². The van der Waals surface area contributed by atoms with E-state index in [1.54, 1.807) is 26.8 Å². The van der Waals surface area contributed by atoms with Crippen LogP contribution in [-0.2, 0) is 0 Å². The third kappa shape index (κ3) is 3.35. The molecule has 0 aliphatic rings. The molecule has 0 atom stereocenters. The molecule has 0 heterocycles. The number of aromatic hydroxyl groups is 1. The molecule has 0 aliphatic heterocycles. The Labute approximate surface area is 159 Å². The maximum absolute atomic E-state index is 12.9. The van der Waals surface area contributed by atoms with Crippen molar-refractivity contribution >= 4 is 11.8 Å². The number of hydrogen-bond acceptors (Lipinski definition) is 5. The minimum atomic E-state index is -0.452. The summed E-state index contributed by atoms with van der Waals surface area (Å²) in [6, 6.07) is 1.58. The summed E-state index contributed by atoms with van der Waals surface area (Å²) >= 11 is 0. The van der Waals surface area contributed by atoms with Crippen molar-refractivity contribution in [2.45, 2.75) is 48.5 Å². The SMILES string of the molecule is Cc1cc(O)c(C)c(C)c1C(=O)Oc1c(C)c(C)c(/C(N)=N/N)c(C)c1C. The van der Waals surface area contributed by atoms with E-state index in [1.165, 1.54) is 0 Å². The number of amidine groups is 1. The number of nitrogens with zero attached hydrogens (tertiary/aromatic N) is 1. The van der Waals surface area contributed by atoms with Crippen LogP contribution in [0.25, 0.3) is 0 Å². The number of phenols is 1. The van der Waals surface area contributed by atoms with E-state index in [0.29, 0.717) is 28.0 Å².